The smallest absolute Gasteiger partial charge is 0.281 e. The van der Waals surface area contributed by atoms with E-state index in [1.54, 1.807) is 12.3 Å². The quantitative estimate of drug-likeness (QED) is 0.660. The van der Waals surface area contributed by atoms with Gasteiger partial charge in [-0.3, -0.25) is 9.89 Å². The normalized spacial score (nSPS) is 14.7. The molecule has 2 aromatic rings. The summed E-state index contributed by atoms with van der Waals surface area (Å²) in [6, 6.07) is 9.70. The van der Waals surface area contributed by atoms with Crippen LogP contribution in [-0.4, -0.2) is 22.3 Å². The molecule has 0 unspecified atom stereocenters. The van der Waals surface area contributed by atoms with E-state index in [0.717, 1.165) is 11.3 Å². The first-order chi connectivity index (χ1) is 9.72. The summed E-state index contributed by atoms with van der Waals surface area (Å²) >= 11 is 0. The van der Waals surface area contributed by atoms with Gasteiger partial charge in [-0.05, 0) is 31.4 Å². The van der Waals surface area contributed by atoms with Crippen molar-refractivity contribution in [3.05, 3.63) is 52.8 Å². The lowest BCUT2D eigenvalue weighted by Crippen LogP contribution is -2.18. The summed E-state index contributed by atoms with van der Waals surface area (Å²) in [5.74, 6) is 0.261. The van der Waals surface area contributed by atoms with Gasteiger partial charge >= 0.3 is 0 Å². The summed E-state index contributed by atoms with van der Waals surface area (Å²) in [6.07, 6.45) is 3.97. The van der Waals surface area contributed by atoms with E-state index in [4.69, 9.17) is 0 Å². The zero-order chi connectivity index (χ0) is 13.9. The molecule has 0 radical (unpaired) electrons. The van der Waals surface area contributed by atoms with Crippen molar-refractivity contribution in [1.29, 1.82) is 0 Å². The molecule has 0 saturated heterocycles. The van der Waals surface area contributed by atoms with Gasteiger partial charge in [0.25, 0.3) is 5.91 Å². The Morgan fingerprint density at radius 2 is 2.15 bits per heavy atom. The van der Waals surface area contributed by atoms with Crippen molar-refractivity contribution in [2.75, 3.05) is 0 Å². The molecule has 0 bridgehead atoms. The molecule has 1 aliphatic carbocycles. The molecule has 0 spiro atoms. The van der Waals surface area contributed by atoms with Gasteiger partial charge in [0.2, 0.25) is 0 Å². The third kappa shape index (κ3) is 2.93. The molecule has 1 aromatic heterocycles. The first-order valence-corrected chi connectivity index (χ1v) is 6.68. The second-order valence-corrected chi connectivity index (χ2v) is 5.09. The lowest BCUT2D eigenvalue weighted by atomic mass is 10.2. The second kappa shape index (κ2) is 5.28. The van der Waals surface area contributed by atoms with Crippen LogP contribution in [0.2, 0.25) is 0 Å². The van der Waals surface area contributed by atoms with Gasteiger partial charge in [0.1, 0.15) is 0 Å². The van der Waals surface area contributed by atoms with E-state index < -0.39 is 0 Å². The Balaban J connectivity index is 1.59. The minimum atomic E-state index is -0.295. The zero-order valence-corrected chi connectivity index (χ0v) is 11.3. The summed E-state index contributed by atoms with van der Waals surface area (Å²) in [5, 5.41) is 10.8. The maximum atomic E-state index is 11.8. The van der Waals surface area contributed by atoms with Crippen molar-refractivity contribution in [3.63, 3.8) is 0 Å². The van der Waals surface area contributed by atoms with Crippen LogP contribution in [0, 0.1) is 6.92 Å². The fourth-order valence-corrected chi connectivity index (χ4v) is 1.93. The van der Waals surface area contributed by atoms with Crippen molar-refractivity contribution in [1.82, 2.24) is 15.6 Å². The number of aromatic amines is 1. The lowest BCUT2D eigenvalue weighted by molar-refractivity contribution is 0.0950. The summed E-state index contributed by atoms with van der Waals surface area (Å²) in [5.41, 5.74) is 6.04. The van der Waals surface area contributed by atoms with Gasteiger partial charge in [-0.25, -0.2) is 5.43 Å². The third-order valence-electron chi connectivity index (χ3n) is 3.30. The lowest BCUT2D eigenvalue weighted by Gasteiger charge is -1.96. The number of hydrogen-bond donors (Lipinski definition) is 2. The van der Waals surface area contributed by atoms with E-state index in [-0.39, 0.29) is 5.91 Å². The molecular formula is C15H16N4O. The number of carbonyl (C=O) groups excluding carboxylic acids is 1. The first-order valence-electron chi connectivity index (χ1n) is 6.68. The molecule has 3 rings (SSSR count). The number of nitrogens with zero attached hydrogens (tertiary/aromatic N) is 2. The topological polar surface area (TPSA) is 70.1 Å². The van der Waals surface area contributed by atoms with Crippen LogP contribution in [0.25, 0.3) is 0 Å². The van der Waals surface area contributed by atoms with E-state index in [0.29, 0.717) is 11.6 Å². The third-order valence-corrected chi connectivity index (χ3v) is 3.30. The molecule has 0 atom stereocenters. The molecule has 5 nitrogen and oxygen atoms in total. The molecule has 1 heterocycles. The van der Waals surface area contributed by atoms with Crippen molar-refractivity contribution in [2.24, 2.45) is 5.10 Å². The average Bonchev–Trinajstić information content (AvgIpc) is 3.18. The number of aryl methyl sites for hydroxylation is 1. The van der Waals surface area contributed by atoms with Gasteiger partial charge in [-0.2, -0.15) is 10.2 Å². The Kier molecular flexibility index (Phi) is 3.33. The number of hydrazone groups is 1. The Morgan fingerprint density at radius 3 is 2.85 bits per heavy atom. The molecule has 5 heteroatoms. The van der Waals surface area contributed by atoms with E-state index in [2.05, 4.69) is 20.7 Å². The van der Waals surface area contributed by atoms with Crippen molar-refractivity contribution >= 4 is 12.1 Å². The van der Waals surface area contributed by atoms with Crippen LogP contribution in [0.3, 0.4) is 0 Å². The molecule has 102 valence electrons. The monoisotopic (exact) mass is 268 g/mol. The maximum Gasteiger partial charge on any atom is 0.291 e. The SMILES string of the molecule is Cc1ccc(C=NNC(=O)c2cc(C3CC3)[nH]n2)cc1. The average molecular weight is 268 g/mol. The molecule has 1 saturated carbocycles. The number of carbonyl (C=O) groups is 1. The minimum absolute atomic E-state index is 0.295. The van der Waals surface area contributed by atoms with Crippen LogP contribution < -0.4 is 5.43 Å². The Labute approximate surface area is 117 Å². The van der Waals surface area contributed by atoms with Gasteiger partial charge in [-0.15, -0.1) is 0 Å². The molecule has 1 aliphatic rings. The van der Waals surface area contributed by atoms with Gasteiger partial charge in [0.15, 0.2) is 5.69 Å². The highest BCUT2D eigenvalue weighted by Crippen LogP contribution is 2.38. The number of H-pyrrole nitrogens is 1. The molecule has 1 fully saturated rings. The van der Waals surface area contributed by atoms with Crippen LogP contribution in [0.1, 0.15) is 46.1 Å². The number of nitrogens with one attached hydrogen (secondary N) is 2. The highest BCUT2D eigenvalue weighted by molar-refractivity contribution is 5.93. The standard InChI is InChI=1S/C15H16N4O/c1-10-2-4-11(5-3-10)9-16-19-15(20)14-8-13(17-18-14)12-6-7-12/h2-5,8-9,12H,6-7H2,1H3,(H,17,18)(H,19,20). The predicted octanol–water partition coefficient (Wildman–Crippen LogP) is 2.36. The highest BCUT2D eigenvalue weighted by atomic mass is 16.2. The Morgan fingerprint density at radius 1 is 1.40 bits per heavy atom. The van der Waals surface area contributed by atoms with Gasteiger partial charge in [0.05, 0.1) is 6.21 Å². The number of aromatic nitrogens is 2. The van der Waals surface area contributed by atoms with Crippen LogP contribution in [-0.2, 0) is 0 Å². The predicted molar refractivity (Wildman–Crippen MR) is 76.8 cm³/mol. The number of benzene rings is 1. The molecule has 0 aliphatic heterocycles. The summed E-state index contributed by atoms with van der Waals surface area (Å²) in [7, 11) is 0. The van der Waals surface area contributed by atoms with Crippen LogP contribution >= 0.6 is 0 Å². The highest BCUT2D eigenvalue weighted by Gasteiger charge is 2.26. The van der Waals surface area contributed by atoms with Gasteiger partial charge in [0, 0.05) is 11.6 Å². The summed E-state index contributed by atoms with van der Waals surface area (Å²) < 4.78 is 0. The van der Waals surface area contributed by atoms with E-state index in [9.17, 15) is 4.79 Å². The van der Waals surface area contributed by atoms with E-state index in [1.165, 1.54) is 18.4 Å². The van der Waals surface area contributed by atoms with E-state index in [1.807, 2.05) is 31.2 Å². The van der Waals surface area contributed by atoms with Gasteiger partial charge < -0.3 is 0 Å². The molecule has 1 amide bonds. The molecule has 20 heavy (non-hydrogen) atoms. The molecule has 2 N–H and O–H groups in total. The Bertz CT molecular complexity index is 638. The zero-order valence-electron chi connectivity index (χ0n) is 11.3. The fraction of sp³-hybridized carbons (Fsp3) is 0.267. The minimum Gasteiger partial charge on any atom is -0.281 e. The fourth-order valence-electron chi connectivity index (χ4n) is 1.93. The molecule has 1 aromatic carbocycles. The molecular weight excluding hydrogens is 252 g/mol. The first kappa shape index (κ1) is 12.6. The van der Waals surface area contributed by atoms with Crippen LogP contribution in [0.5, 0.6) is 0 Å². The Hall–Kier alpha value is -2.43. The van der Waals surface area contributed by atoms with Crippen molar-refractivity contribution in [3.8, 4) is 0 Å². The number of amides is 1. The number of rotatable bonds is 4. The van der Waals surface area contributed by atoms with E-state index >= 15 is 0 Å². The summed E-state index contributed by atoms with van der Waals surface area (Å²) in [4.78, 5) is 11.8. The largest absolute Gasteiger partial charge is 0.291 e. The van der Waals surface area contributed by atoms with Crippen LogP contribution in [0.4, 0.5) is 0 Å². The van der Waals surface area contributed by atoms with Gasteiger partial charge in [-0.1, -0.05) is 29.8 Å². The number of hydrogen-bond acceptors (Lipinski definition) is 3. The van der Waals surface area contributed by atoms with Crippen molar-refractivity contribution < 1.29 is 4.79 Å². The maximum absolute atomic E-state index is 11.8. The van der Waals surface area contributed by atoms with Crippen molar-refractivity contribution in [2.45, 2.75) is 25.7 Å². The second-order valence-electron chi connectivity index (χ2n) is 5.09. The summed E-state index contributed by atoms with van der Waals surface area (Å²) in [6.45, 7) is 2.03. The van der Waals surface area contributed by atoms with Crippen LogP contribution in [0.15, 0.2) is 35.4 Å².